The molecule has 1 aliphatic carbocycles. The lowest BCUT2D eigenvalue weighted by Gasteiger charge is -2.21. The van der Waals surface area contributed by atoms with Crippen LogP contribution in [0.15, 0.2) is 0 Å². The van der Waals surface area contributed by atoms with Crippen LogP contribution in [0.3, 0.4) is 0 Å². The highest BCUT2D eigenvalue weighted by Crippen LogP contribution is 2.44. The molecule has 0 bridgehead atoms. The second-order valence-corrected chi connectivity index (χ2v) is 4.81. The molecule has 0 heterocycles. The molecule has 0 aromatic rings. The minimum absolute atomic E-state index is 0.264. The van der Waals surface area contributed by atoms with Crippen LogP contribution in [-0.4, -0.2) is 24.3 Å². The first-order valence-electron chi connectivity index (χ1n) is 6.10. The molecule has 0 aromatic carbocycles. The lowest BCUT2D eigenvalue weighted by molar-refractivity contribution is 0.202. The van der Waals surface area contributed by atoms with Crippen molar-refractivity contribution < 1.29 is 5.11 Å². The molecular weight excluding hydrogens is 174 g/mol. The summed E-state index contributed by atoms with van der Waals surface area (Å²) >= 11 is 0. The standard InChI is InChI=1S/C12H25NO/c1-3-5-11(6-4-2)13-9-12(10-14)7-8-12/h11,13-14H,3-10H2,1-2H3. The Morgan fingerprint density at radius 1 is 1.21 bits per heavy atom. The summed E-state index contributed by atoms with van der Waals surface area (Å²) in [7, 11) is 0. The van der Waals surface area contributed by atoms with Crippen LogP contribution in [0.5, 0.6) is 0 Å². The first-order chi connectivity index (χ1) is 6.76. The highest BCUT2D eigenvalue weighted by atomic mass is 16.3. The van der Waals surface area contributed by atoms with E-state index in [2.05, 4.69) is 19.2 Å². The van der Waals surface area contributed by atoms with Crippen molar-refractivity contribution in [1.29, 1.82) is 0 Å². The van der Waals surface area contributed by atoms with Gasteiger partial charge in [0.1, 0.15) is 0 Å². The zero-order valence-electron chi connectivity index (χ0n) is 9.68. The molecule has 0 atom stereocenters. The minimum atomic E-state index is 0.264. The van der Waals surface area contributed by atoms with Crippen molar-refractivity contribution in [2.24, 2.45) is 5.41 Å². The van der Waals surface area contributed by atoms with Gasteiger partial charge in [-0.25, -0.2) is 0 Å². The van der Waals surface area contributed by atoms with Crippen molar-refractivity contribution in [3.63, 3.8) is 0 Å². The first-order valence-corrected chi connectivity index (χ1v) is 6.10. The van der Waals surface area contributed by atoms with Gasteiger partial charge in [0.05, 0.1) is 0 Å². The molecule has 0 radical (unpaired) electrons. The van der Waals surface area contributed by atoms with E-state index >= 15 is 0 Å². The normalized spacial score (nSPS) is 18.9. The molecule has 0 saturated heterocycles. The lowest BCUT2D eigenvalue weighted by atomic mass is 10.0. The van der Waals surface area contributed by atoms with Crippen LogP contribution in [0.4, 0.5) is 0 Å². The summed E-state index contributed by atoms with van der Waals surface area (Å²) in [5.41, 5.74) is 0.264. The molecular formula is C12H25NO. The second-order valence-electron chi connectivity index (χ2n) is 4.81. The Balaban J connectivity index is 2.18. The summed E-state index contributed by atoms with van der Waals surface area (Å²) in [6.07, 6.45) is 7.47. The number of rotatable bonds is 8. The summed E-state index contributed by atoms with van der Waals surface area (Å²) in [6.45, 7) is 5.87. The highest BCUT2D eigenvalue weighted by Gasteiger charge is 2.41. The van der Waals surface area contributed by atoms with Crippen molar-refractivity contribution in [3.05, 3.63) is 0 Å². The monoisotopic (exact) mass is 199 g/mol. The van der Waals surface area contributed by atoms with Crippen molar-refractivity contribution in [2.75, 3.05) is 13.2 Å². The molecule has 0 unspecified atom stereocenters. The van der Waals surface area contributed by atoms with E-state index in [4.69, 9.17) is 0 Å². The Morgan fingerprint density at radius 2 is 1.79 bits per heavy atom. The molecule has 2 heteroatoms. The van der Waals surface area contributed by atoms with Gasteiger partial charge in [-0.15, -0.1) is 0 Å². The maximum atomic E-state index is 9.19. The number of aliphatic hydroxyl groups excluding tert-OH is 1. The Kier molecular flexibility index (Phi) is 4.90. The predicted octanol–water partition coefficient (Wildman–Crippen LogP) is 2.32. The quantitative estimate of drug-likeness (QED) is 0.629. The molecule has 0 aromatic heterocycles. The number of hydrogen-bond donors (Lipinski definition) is 2. The summed E-state index contributed by atoms with van der Waals surface area (Å²) < 4.78 is 0. The van der Waals surface area contributed by atoms with Gasteiger partial charge >= 0.3 is 0 Å². The van der Waals surface area contributed by atoms with Crippen molar-refractivity contribution in [3.8, 4) is 0 Å². The number of hydrogen-bond acceptors (Lipinski definition) is 2. The Hall–Kier alpha value is -0.0800. The van der Waals surface area contributed by atoms with Gasteiger partial charge in [0.15, 0.2) is 0 Å². The first kappa shape index (κ1) is 12.0. The van der Waals surface area contributed by atoms with E-state index in [9.17, 15) is 5.11 Å². The van der Waals surface area contributed by atoms with Crippen molar-refractivity contribution in [2.45, 2.75) is 58.4 Å². The average Bonchev–Trinajstić information content (AvgIpc) is 2.96. The minimum Gasteiger partial charge on any atom is -0.396 e. The molecule has 0 spiro atoms. The van der Waals surface area contributed by atoms with Crippen LogP contribution in [0.25, 0.3) is 0 Å². The van der Waals surface area contributed by atoms with Crippen LogP contribution < -0.4 is 5.32 Å². The Labute approximate surface area is 88.1 Å². The topological polar surface area (TPSA) is 32.3 Å². The average molecular weight is 199 g/mol. The zero-order valence-corrected chi connectivity index (χ0v) is 9.68. The Morgan fingerprint density at radius 3 is 2.14 bits per heavy atom. The molecule has 84 valence electrons. The van der Waals surface area contributed by atoms with Crippen LogP contribution in [0, 0.1) is 5.41 Å². The third-order valence-corrected chi connectivity index (χ3v) is 3.33. The summed E-state index contributed by atoms with van der Waals surface area (Å²) in [5, 5.41) is 12.8. The van der Waals surface area contributed by atoms with Gasteiger partial charge in [-0.2, -0.15) is 0 Å². The van der Waals surface area contributed by atoms with Gasteiger partial charge in [-0.05, 0) is 25.7 Å². The van der Waals surface area contributed by atoms with Gasteiger partial charge in [0.25, 0.3) is 0 Å². The second kappa shape index (κ2) is 5.72. The molecule has 2 N–H and O–H groups in total. The summed E-state index contributed by atoms with van der Waals surface area (Å²) in [5.74, 6) is 0. The molecule has 1 aliphatic rings. The van der Waals surface area contributed by atoms with Crippen LogP contribution in [0.2, 0.25) is 0 Å². The van der Waals surface area contributed by atoms with Crippen molar-refractivity contribution >= 4 is 0 Å². The fourth-order valence-electron chi connectivity index (χ4n) is 1.97. The Bertz CT molecular complexity index is 148. The van der Waals surface area contributed by atoms with Gasteiger partial charge < -0.3 is 10.4 Å². The smallest absolute Gasteiger partial charge is 0.0499 e. The van der Waals surface area contributed by atoms with E-state index in [0.717, 1.165) is 6.54 Å². The molecule has 0 amide bonds. The number of aliphatic hydroxyl groups is 1. The molecule has 1 rings (SSSR count). The zero-order chi connectivity index (χ0) is 10.4. The lowest BCUT2D eigenvalue weighted by Crippen LogP contribution is -2.35. The molecule has 2 nitrogen and oxygen atoms in total. The van der Waals surface area contributed by atoms with Gasteiger partial charge in [0, 0.05) is 24.6 Å². The largest absolute Gasteiger partial charge is 0.396 e. The van der Waals surface area contributed by atoms with E-state index in [1.54, 1.807) is 0 Å². The fourth-order valence-corrected chi connectivity index (χ4v) is 1.97. The van der Waals surface area contributed by atoms with Gasteiger partial charge in [-0.1, -0.05) is 26.7 Å². The van der Waals surface area contributed by atoms with E-state index in [1.165, 1.54) is 38.5 Å². The van der Waals surface area contributed by atoms with E-state index in [1.807, 2.05) is 0 Å². The van der Waals surface area contributed by atoms with E-state index in [-0.39, 0.29) is 5.41 Å². The third-order valence-electron chi connectivity index (χ3n) is 3.33. The van der Waals surface area contributed by atoms with E-state index in [0.29, 0.717) is 12.6 Å². The van der Waals surface area contributed by atoms with Crippen LogP contribution in [-0.2, 0) is 0 Å². The van der Waals surface area contributed by atoms with E-state index < -0.39 is 0 Å². The van der Waals surface area contributed by atoms with Gasteiger partial charge in [-0.3, -0.25) is 0 Å². The molecule has 14 heavy (non-hydrogen) atoms. The molecule has 1 fully saturated rings. The SMILES string of the molecule is CCCC(CCC)NCC1(CO)CC1. The summed E-state index contributed by atoms with van der Waals surface area (Å²) in [6, 6.07) is 0.675. The predicted molar refractivity (Wildman–Crippen MR) is 60.4 cm³/mol. The van der Waals surface area contributed by atoms with Crippen molar-refractivity contribution in [1.82, 2.24) is 5.32 Å². The maximum absolute atomic E-state index is 9.19. The fraction of sp³-hybridized carbons (Fsp3) is 1.00. The summed E-state index contributed by atoms with van der Waals surface area (Å²) in [4.78, 5) is 0. The highest BCUT2D eigenvalue weighted by molar-refractivity contribution is 4.94. The molecule has 0 aliphatic heterocycles. The number of nitrogens with one attached hydrogen (secondary N) is 1. The third kappa shape index (κ3) is 3.58. The molecule has 1 saturated carbocycles. The van der Waals surface area contributed by atoms with Crippen LogP contribution in [0.1, 0.15) is 52.4 Å². The van der Waals surface area contributed by atoms with Gasteiger partial charge in [0.2, 0.25) is 0 Å². The van der Waals surface area contributed by atoms with Crippen LogP contribution >= 0.6 is 0 Å². The maximum Gasteiger partial charge on any atom is 0.0499 e.